The van der Waals surface area contributed by atoms with Crippen molar-refractivity contribution >= 4 is 29.1 Å². The van der Waals surface area contributed by atoms with Crippen molar-refractivity contribution in [1.29, 1.82) is 0 Å². The van der Waals surface area contributed by atoms with Crippen molar-refractivity contribution in [3.05, 3.63) is 76.1 Å². The Kier molecular flexibility index (Phi) is 6.11. The summed E-state index contributed by atoms with van der Waals surface area (Å²) in [6.07, 6.45) is 1.98. The molecule has 1 amide bonds. The summed E-state index contributed by atoms with van der Waals surface area (Å²) in [7, 11) is 0. The molecule has 2 heterocycles. The number of ether oxygens (including phenoxy) is 1. The van der Waals surface area contributed by atoms with Gasteiger partial charge >= 0.3 is 0 Å². The summed E-state index contributed by atoms with van der Waals surface area (Å²) in [4.78, 5) is 14.9. The summed E-state index contributed by atoms with van der Waals surface area (Å²) < 4.78 is 17.3. The van der Waals surface area contributed by atoms with E-state index in [0.29, 0.717) is 46.5 Å². The molecule has 1 aromatic carbocycles. The standard InChI is InChI=1S/C23H23Cl2NO4/c1-14-10-19(14)21-8-6-18(30-21)13-26(12-17-4-3-9-28-17)23(27)15(2)29-22-7-5-16(24)11-20(22)25/h3-9,11,14-15,19H,10,12-13H2,1-2H3. The van der Waals surface area contributed by atoms with Crippen LogP contribution in [0.25, 0.3) is 0 Å². The third-order valence-corrected chi connectivity index (χ3v) is 5.82. The number of nitrogens with zero attached hydrogens (tertiary/aromatic N) is 1. The van der Waals surface area contributed by atoms with Crippen molar-refractivity contribution in [2.75, 3.05) is 0 Å². The van der Waals surface area contributed by atoms with Crippen molar-refractivity contribution in [2.24, 2.45) is 5.92 Å². The van der Waals surface area contributed by atoms with E-state index < -0.39 is 6.10 Å². The zero-order valence-corrected chi connectivity index (χ0v) is 18.3. The van der Waals surface area contributed by atoms with E-state index in [4.69, 9.17) is 36.8 Å². The van der Waals surface area contributed by atoms with Gasteiger partial charge in [-0.1, -0.05) is 30.1 Å². The fraction of sp³-hybridized carbons (Fsp3) is 0.348. The van der Waals surface area contributed by atoms with Gasteiger partial charge in [0.15, 0.2) is 6.10 Å². The van der Waals surface area contributed by atoms with Gasteiger partial charge in [0.2, 0.25) is 0 Å². The minimum atomic E-state index is -0.753. The monoisotopic (exact) mass is 447 g/mol. The number of hydrogen-bond acceptors (Lipinski definition) is 4. The van der Waals surface area contributed by atoms with Gasteiger partial charge in [0.1, 0.15) is 23.0 Å². The van der Waals surface area contributed by atoms with Gasteiger partial charge in [-0.3, -0.25) is 4.79 Å². The van der Waals surface area contributed by atoms with E-state index in [2.05, 4.69) is 6.92 Å². The summed E-state index contributed by atoms with van der Waals surface area (Å²) in [5, 5.41) is 0.860. The van der Waals surface area contributed by atoms with Crippen molar-refractivity contribution in [2.45, 2.75) is 45.4 Å². The molecule has 0 spiro atoms. The average molecular weight is 448 g/mol. The van der Waals surface area contributed by atoms with Crippen LogP contribution in [0.1, 0.15) is 43.5 Å². The number of halogens is 2. The molecular weight excluding hydrogens is 425 g/mol. The van der Waals surface area contributed by atoms with Gasteiger partial charge in [-0.05, 0) is 61.7 Å². The largest absolute Gasteiger partial charge is 0.479 e. The zero-order valence-electron chi connectivity index (χ0n) is 16.8. The Morgan fingerprint density at radius 3 is 2.63 bits per heavy atom. The van der Waals surface area contributed by atoms with Crippen LogP contribution >= 0.6 is 23.2 Å². The summed E-state index contributed by atoms with van der Waals surface area (Å²) in [5.41, 5.74) is 0. The number of hydrogen-bond donors (Lipinski definition) is 0. The summed E-state index contributed by atoms with van der Waals surface area (Å²) in [6.45, 7) is 4.54. The predicted molar refractivity (Wildman–Crippen MR) is 115 cm³/mol. The van der Waals surface area contributed by atoms with E-state index in [9.17, 15) is 4.79 Å². The molecule has 0 saturated heterocycles. The normalized spacial score (nSPS) is 18.8. The maximum atomic E-state index is 13.2. The smallest absolute Gasteiger partial charge is 0.264 e. The Morgan fingerprint density at radius 2 is 1.97 bits per heavy atom. The van der Waals surface area contributed by atoms with Crippen LogP contribution in [0.5, 0.6) is 5.75 Å². The van der Waals surface area contributed by atoms with E-state index in [1.807, 2.05) is 18.2 Å². The molecule has 158 valence electrons. The molecule has 1 fully saturated rings. The first kappa shape index (κ1) is 20.9. The lowest BCUT2D eigenvalue weighted by atomic mass is 10.2. The third-order valence-electron chi connectivity index (χ3n) is 5.29. The molecule has 1 aliphatic carbocycles. The molecular formula is C23H23Cl2NO4. The van der Waals surface area contributed by atoms with Crippen molar-refractivity contribution in [3.63, 3.8) is 0 Å². The molecule has 3 aromatic rings. The lowest BCUT2D eigenvalue weighted by molar-refractivity contribution is -0.139. The van der Waals surface area contributed by atoms with Crippen LogP contribution in [-0.4, -0.2) is 16.9 Å². The highest BCUT2D eigenvalue weighted by Gasteiger charge is 2.36. The van der Waals surface area contributed by atoms with Gasteiger partial charge in [0, 0.05) is 10.9 Å². The van der Waals surface area contributed by atoms with Crippen LogP contribution in [-0.2, 0) is 17.9 Å². The molecule has 1 aliphatic rings. The Morgan fingerprint density at radius 1 is 1.20 bits per heavy atom. The average Bonchev–Trinajstić information content (AvgIpc) is 3.11. The van der Waals surface area contributed by atoms with Crippen LogP contribution < -0.4 is 4.74 Å². The molecule has 0 bridgehead atoms. The van der Waals surface area contributed by atoms with Crippen LogP contribution in [0.4, 0.5) is 0 Å². The second-order valence-corrected chi connectivity index (χ2v) is 8.58. The van der Waals surface area contributed by atoms with Gasteiger partial charge in [-0.2, -0.15) is 0 Å². The van der Waals surface area contributed by atoms with Crippen LogP contribution in [0.15, 0.2) is 57.6 Å². The number of amides is 1. The molecule has 0 N–H and O–H groups in total. The van der Waals surface area contributed by atoms with Gasteiger partial charge in [-0.15, -0.1) is 0 Å². The summed E-state index contributed by atoms with van der Waals surface area (Å²) in [6, 6.07) is 12.5. The van der Waals surface area contributed by atoms with E-state index >= 15 is 0 Å². The minimum Gasteiger partial charge on any atom is -0.479 e. The van der Waals surface area contributed by atoms with Crippen molar-refractivity contribution < 1.29 is 18.4 Å². The van der Waals surface area contributed by atoms with E-state index in [1.54, 1.807) is 42.4 Å². The fourth-order valence-electron chi connectivity index (χ4n) is 3.46. The zero-order chi connectivity index (χ0) is 21.3. The Balaban J connectivity index is 1.49. The van der Waals surface area contributed by atoms with Gasteiger partial charge in [0.05, 0.1) is 24.4 Å². The molecule has 30 heavy (non-hydrogen) atoms. The second-order valence-electron chi connectivity index (χ2n) is 7.73. The maximum Gasteiger partial charge on any atom is 0.264 e. The molecule has 2 aromatic heterocycles. The third kappa shape index (κ3) is 4.85. The Hall–Kier alpha value is -2.37. The maximum absolute atomic E-state index is 13.2. The highest BCUT2D eigenvalue weighted by Crippen LogP contribution is 2.47. The van der Waals surface area contributed by atoms with Crippen LogP contribution in [0.2, 0.25) is 10.0 Å². The predicted octanol–water partition coefficient (Wildman–Crippen LogP) is 6.30. The first-order chi connectivity index (χ1) is 14.4. The topological polar surface area (TPSA) is 55.8 Å². The lowest BCUT2D eigenvalue weighted by Crippen LogP contribution is -2.39. The number of rotatable bonds is 8. The quantitative estimate of drug-likeness (QED) is 0.406. The van der Waals surface area contributed by atoms with Gasteiger partial charge in [-0.25, -0.2) is 0 Å². The molecule has 3 unspecified atom stereocenters. The van der Waals surface area contributed by atoms with E-state index in [0.717, 1.165) is 17.9 Å². The molecule has 3 atom stereocenters. The summed E-state index contributed by atoms with van der Waals surface area (Å²) in [5.74, 6) is 3.76. The van der Waals surface area contributed by atoms with Crippen LogP contribution in [0, 0.1) is 5.92 Å². The first-order valence-corrected chi connectivity index (χ1v) is 10.7. The number of carbonyl (C=O) groups is 1. The summed E-state index contributed by atoms with van der Waals surface area (Å²) >= 11 is 12.1. The highest BCUT2D eigenvalue weighted by atomic mass is 35.5. The molecule has 0 radical (unpaired) electrons. The minimum absolute atomic E-state index is 0.199. The van der Waals surface area contributed by atoms with E-state index in [1.165, 1.54) is 0 Å². The first-order valence-electron chi connectivity index (χ1n) is 9.92. The SMILES string of the molecule is CC(Oc1ccc(Cl)cc1Cl)C(=O)N(Cc1ccco1)Cc1ccc(C2CC2C)o1. The number of benzene rings is 1. The number of furan rings is 2. The van der Waals surface area contributed by atoms with Crippen molar-refractivity contribution in [1.82, 2.24) is 4.90 Å². The van der Waals surface area contributed by atoms with Crippen LogP contribution in [0.3, 0.4) is 0 Å². The number of carbonyl (C=O) groups excluding carboxylic acids is 1. The molecule has 5 nitrogen and oxygen atoms in total. The molecule has 7 heteroatoms. The second kappa shape index (κ2) is 8.78. The Bertz CT molecular complexity index is 1010. The van der Waals surface area contributed by atoms with Crippen molar-refractivity contribution in [3.8, 4) is 5.75 Å². The molecule has 0 aliphatic heterocycles. The lowest BCUT2D eigenvalue weighted by Gasteiger charge is -2.25. The fourth-order valence-corrected chi connectivity index (χ4v) is 3.91. The molecule has 1 saturated carbocycles. The van der Waals surface area contributed by atoms with Gasteiger partial charge < -0.3 is 18.5 Å². The van der Waals surface area contributed by atoms with Gasteiger partial charge in [0.25, 0.3) is 5.91 Å². The molecule has 4 rings (SSSR count). The van der Waals surface area contributed by atoms with E-state index in [-0.39, 0.29) is 5.91 Å². The Labute approximate surface area is 185 Å². The highest BCUT2D eigenvalue weighted by molar-refractivity contribution is 6.35.